The van der Waals surface area contributed by atoms with Gasteiger partial charge in [0.25, 0.3) is 0 Å². The summed E-state index contributed by atoms with van der Waals surface area (Å²) in [6.45, 7) is 2.23. The van der Waals surface area contributed by atoms with Crippen LogP contribution in [0.5, 0.6) is 0 Å². The molecular weight excluding hydrogens is 232 g/mol. The first-order valence-electron chi connectivity index (χ1n) is 6.08. The van der Waals surface area contributed by atoms with E-state index in [0.29, 0.717) is 11.1 Å². The molecule has 88 valence electrons. The number of rotatable bonds is 2. The zero-order chi connectivity index (χ0) is 11.7. The van der Waals surface area contributed by atoms with Crippen molar-refractivity contribution in [1.29, 1.82) is 0 Å². The van der Waals surface area contributed by atoms with Crippen molar-refractivity contribution in [2.75, 3.05) is 13.1 Å². The number of fused-ring (bicyclic) bond motifs is 1. The highest BCUT2D eigenvalue weighted by atomic mass is 35.5. The number of hydrogen-bond donors (Lipinski definition) is 1. The Morgan fingerprint density at radius 2 is 2.24 bits per heavy atom. The standard InChI is InChI=1S/C14H15ClN2/c15-14-12(7-10-5-6-16-9-10)8-11-3-1-2-4-13(11)17-14/h1-4,8,10,16H,5-7,9H2. The Morgan fingerprint density at radius 1 is 1.35 bits per heavy atom. The van der Waals surface area contributed by atoms with Gasteiger partial charge in [-0.2, -0.15) is 0 Å². The lowest BCUT2D eigenvalue weighted by Gasteiger charge is -2.10. The van der Waals surface area contributed by atoms with Gasteiger partial charge in [0.15, 0.2) is 0 Å². The summed E-state index contributed by atoms with van der Waals surface area (Å²) in [7, 11) is 0. The molecule has 1 fully saturated rings. The van der Waals surface area contributed by atoms with Gasteiger partial charge in [0.2, 0.25) is 0 Å². The van der Waals surface area contributed by atoms with E-state index in [1.807, 2.05) is 18.2 Å². The summed E-state index contributed by atoms with van der Waals surface area (Å²) in [6.07, 6.45) is 2.27. The molecule has 0 amide bonds. The summed E-state index contributed by atoms with van der Waals surface area (Å²) in [6, 6.07) is 10.3. The van der Waals surface area contributed by atoms with Crippen LogP contribution in [0.1, 0.15) is 12.0 Å². The van der Waals surface area contributed by atoms with Gasteiger partial charge in [-0.1, -0.05) is 29.8 Å². The van der Waals surface area contributed by atoms with Crippen molar-refractivity contribution in [3.63, 3.8) is 0 Å². The normalized spacial score (nSPS) is 19.9. The van der Waals surface area contributed by atoms with E-state index in [4.69, 9.17) is 11.6 Å². The van der Waals surface area contributed by atoms with Crippen LogP contribution < -0.4 is 5.32 Å². The molecule has 0 bridgehead atoms. The highest BCUT2D eigenvalue weighted by Gasteiger charge is 2.17. The third kappa shape index (κ3) is 2.28. The van der Waals surface area contributed by atoms with Crippen LogP contribution in [0.15, 0.2) is 30.3 Å². The topological polar surface area (TPSA) is 24.9 Å². The predicted octanol–water partition coefficient (Wildman–Crippen LogP) is 3.04. The highest BCUT2D eigenvalue weighted by Crippen LogP contribution is 2.24. The van der Waals surface area contributed by atoms with Gasteiger partial charge in [0.05, 0.1) is 5.52 Å². The molecule has 1 aromatic carbocycles. The number of nitrogens with zero attached hydrogens (tertiary/aromatic N) is 1. The average molecular weight is 247 g/mol. The molecule has 0 spiro atoms. The molecule has 2 aromatic rings. The first-order valence-corrected chi connectivity index (χ1v) is 6.45. The lowest BCUT2D eigenvalue weighted by molar-refractivity contribution is 0.580. The van der Waals surface area contributed by atoms with E-state index in [-0.39, 0.29) is 0 Å². The van der Waals surface area contributed by atoms with E-state index in [1.165, 1.54) is 17.4 Å². The van der Waals surface area contributed by atoms with E-state index in [0.717, 1.165) is 25.0 Å². The van der Waals surface area contributed by atoms with Gasteiger partial charge >= 0.3 is 0 Å². The van der Waals surface area contributed by atoms with Crippen molar-refractivity contribution in [2.24, 2.45) is 5.92 Å². The van der Waals surface area contributed by atoms with E-state index >= 15 is 0 Å². The van der Waals surface area contributed by atoms with Crippen molar-refractivity contribution >= 4 is 22.5 Å². The molecule has 1 aliphatic heterocycles. The van der Waals surface area contributed by atoms with Gasteiger partial charge in [0.1, 0.15) is 5.15 Å². The van der Waals surface area contributed by atoms with Gasteiger partial charge in [-0.25, -0.2) is 4.98 Å². The van der Waals surface area contributed by atoms with Crippen LogP contribution in [0.25, 0.3) is 10.9 Å². The van der Waals surface area contributed by atoms with Crippen molar-refractivity contribution in [3.8, 4) is 0 Å². The third-order valence-electron chi connectivity index (χ3n) is 3.42. The van der Waals surface area contributed by atoms with Crippen molar-refractivity contribution in [2.45, 2.75) is 12.8 Å². The number of benzene rings is 1. The number of pyridine rings is 1. The van der Waals surface area contributed by atoms with E-state index in [9.17, 15) is 0 Å². The van der Waals surface area contributed by atoms with Gasteiger partial charge in [0, 0.05) is 5.39 Å². The number of aromatic nitrogens is 1. The summed E-state index contributed by atoms with van der Waals surface area (Å²) in [5, 5.41) is 5.23. The number of para-hydroxylation sites is 1. The van der Waals surface area contributed by atoms with Crippen LogP contribution in [-0.4, -0.2) is 18.1 Å². The second-order valence-electron chi connectivity index (χ2n) is 4.69. The molecule has 1 saturated heterocycles. The molecule has 0 aliphatic carbocycles. The van der Waals surface area contributed by atoms with Gasteiger partial charge in [-0.05, 0) is 49.5 Å². The first-order chi connectivity index (χ1) is 8.33. The molecule has 1 unspecified atom stereocenters. The highest BCUT2D eigenvalue weighted by molar-refractivity contribution is 6.30. The maximum atomic E-state index is 6.25. The summed E-state index contributed by atoms with van der Waals surface area (Å²) in [4.78, 5) is 4.46. The summed E-state index contributed by atoms with van der Waals surface area (Å²) in [5.41, 5.74) is 2.16. The van der Waals surface area contributed by atoms with E-state index < -0.39 is 0 Å². The molecular formula is C14H15ClN2. The summed E-state index contributed by atoms with van der Waals surface area (Å²) < 4.78 is 0. The largest absolute Gasteiger partial charge is 0.316 e. The Hall–Kier alpha value is -1.12. The Morgan fingerprint density at radius 3 is 3.06 bits per heavy atom. The Labute approximate surface area is 106 Å². The van der Waals surface area contributed by atoms with Crippen molar-refractivity contribution in [3.05, 3.63) is 41.0 Å². The first kappa shape index (κ1) is 11.0. The molecule has 3 rings (SSSR count). The Balaban J connectivity index is 1.95. The molecule has 2 heterocycles. The third-order valence-corrected chi connectivity index (χ3v) is 3.75. The minimum Gasteiger partial charge on any atom is -0.316 e. The number of hydrogen-bond acceptors (Lipinski definition) is 2. The predicted molar refractivity (Wildman–Crippen MR) is 71.4 cm³/mol. The van der Waals surface area contributed by atoms with Gasteiger partial charge in [-0.15, -0.1) is 0 Å². The monoisotopic (exact) mass is 246 g/mol. The molecule has 17 heavy (non-hydrogen) atoms. The fourth-order valence-electron chi connectivity index (χ4n) is 2.48. The van der Waals surface area contributed by atoms with Crippen LogP contribution in [-0.2, 0) is 6.42 Å². The SMILES string of the molecule is Clc1nc2ccccc2cc1CC1CCNC1. The lowest BCUT2D eigenvalue weighted by Crippen LogP contribution is -2.11. The second kappa shape index (κ2) is 4.63. The fraction of sp³-hybridized carbons (Fsp3) is 0.357. The van der Waals surface area contributed by atoms with E-state index in [1.54, 1.807) is 0 Å². The van der Waals surface area contributed by atoms with Crippen LogP contribution in [0.2, 0.25) is 5.15 Å². The van der Waals surface area contributed by atoms with Crippen LogP contribution in [0, 0.1) is 5.92 Å². The number of halogens is 1. The maximum Gasteiger partial charge on any atom is 0.132 e. The van der Waals surface area contributed by atoms with Crippen molar-refractivity contribution in [1.82, 2.24) is 10.3 Å². The lowest BCUT2D eigenvalue weighted by atomic mass is 9.99. The zero-order valence-electron chi connectivity index (χ0n) is 9.62. The number of nitrogens with one attached hydrogen (secondary N) is 1. The maximum absolute atomic E-state index is 6.25. The molecule has 1 atom stereocenters. The smallest absolute Gasteiger partial charge is 0.132 e. The van der Waals surface area contributed by atoms with E-state index in [2.05, 4.69) is 22.4 Å². The van der Waals surface area contributed by atoms with Crippen LogP contribution in [0.4, 0.5) is 0 Å². The second-order valence-corrected chi connectivity index (χ2v) is 5.05. The molecule has 0 saturated carbocycles. The molecule has 1 aromatic heterocycles. The quantitative estimate of drug-likeness (QED) is 0.824. The minimum absolute atomic E-state index is 0.663. The minimum atomic E-state index is 0.663. The Bertz CT molecular complexity index is 533. The summed E-state index contributed by atoms with van der Waals surface area (Å²) in [5.74, 6) is 0.704. The molecule has 3 heteroatoms. The average Bonchev–Trinajstić information content (AvgIpc) is 2.83. The molecule has 2 nitrogen and oxygen atoms in total. The molecule has 1 N–H and O–H groups in total. The van der Waals surface area contributed by atoms with Gasteiger partial charge in [-0.3, -0.25) is 0 Å². The fourth-order valence-corrected chi connectivity index (χ4v) is 2.70. The van der Waals surface area contributed by atoms with Crippen molar-refractivity contribution < 1.29 is 0 Å². The van der Waals surface area contributed by atoms with Crippen LogP contribution >= 0.6 is 11.6 Å². The van der Waals surface area contributed by atoms with Crippen LogP contribution in [0.3, 0.4) is 0 Å². The molecule has 0 radical (unpaired) electrons. The summed E-state index contributed by atoms with van der Waals surface area (Å²) >= 11 is 6.25. The zero-order valence-corrected chi connectivity index (χ0v) is 10.4. The molecule has 1 aliphatic rings. The Kier molecular flexibility index (Phi) is 3.00. The van der Waals surface area contributed by atoms with Gasteiger partial charge < -0.3 is 5.32 Å².